The van der Waals surface area contributed by atoms with E-state index in [1.165, 1.54) is 31.5 Å². The molecule has 2 aromatic heterocycles. The monoisotopic (exact) mass is 556 g/mol. The zero-order valence-corrected chi connectivity index (χ0v) is 22.0. The van der Waals surface area contributed by atoms with Gasteiger partial charge in [-0.25, -0.2) is 30.2 Å². The first-order valence-electron chi connectivity index (χ1n) is 11.1. The van der Waals surface area contributed by atoms with E-state index in [9.17, 15) is 34.4 Å². The standard InChI is InChI=1S/C25H24F4N2O4S2/c1-16-14-18(20-15-19(7-8-21(20)26)36(32,33)23(2,3)25(27,28)29)9-11-24(16,4)37(34,35)31-13-10-17-6-5-12-30-22(17)31/h5-10,12-15H,11H2,1-4H3. The molecule has 0 saturated carbocycles. The first-order chi connectivity index (χ1) is 16.9. The quantitative estimate of drug-likeness (QED) is 0.299. The van der Waals surface area contributed by atoms with Crippen molar-refractivity contribution in [1.29, 1.82) is 0 Å². The van der Waals surface area contributed by atoms with Gasteiger partial charge in [0.25, 0.3) is 0 Å². The number of alkyl halides is 3. The Hall–Kier alpha value is -2.99. The summed E-state index contributed by atoms with van der Waals surface area (Å²) >= 11 is 0. The van der Waals surface area contributed by atoms with Crippen molar-refractivity contribution < 1.29 is 34.4 Å². The Morgan fingerprint density at radius 1 is 1.05 bits per heavy atom. The lowest BCUT2D eigenvalue weighted by Crippen LogP contribution is -2.46. The van der Waals surface area contributed by atoms with Gasteiger partial charge in [-0.3, -0.25) is 0 Å². The maximum Gasteiger partial charge on any atom is 0.408 e. The number of sulfone groups is 1. The molecule has 3 aromatic rings. The number of hydrogen-bond acceptors (Lipinski definition) is 5. The molecule has 1 atom stereocenters. The van der Waals surface area contributed by atoms with Crippen LogP contribution in [0.5, 0.6) is 0 Å². The summed E-state index contributed by atoms with van der Waals surface area (Å²) in [5.41, 5.74) is 0.513. The van der Waals surface area contributed by atoms with Crippen LogP contribution in [0.4, 0.5) is 17.6 Å². The number of allylic oxidation sites excluding steroid dienone is 3. The van der Waals surface area contributed by atoms with Crippen molar-refractivity contribution >= 4 is 36.5 Å². The molecule has 1 aliphatic carbocycles. The van der Waals surface area contributed by atoms with Gasteiger partial charge < -0.3 is 0 Å². The Morgan fingerprint density at radius 3 is 2.35 bits per heavy atom. The molecule has 0 N–H and O–H groups in total. The molecule has 12 heteroatoms. The summed E-state index contributed by atoms with van der Waals surface area (Å²) in [6.07, 6.45) is 0.569. The molecule has 6 nitrogen and oxygen atoms in total. The smallest absolute Gasteiger partial charge is 0.237 e. The summed E-state index contributed by atoms with van der Waals surface area (Å²) in [5.74, 6) is -0.855. The molecular weight excluding hydrogens is 532 g/mol. The largest absolute Gasteiger partial charge is 0.408 e. The molecule has 0 fully saturated rings. The van der Waals surface area contributed by atoms with Crippen molar-refractivity contribution in [3.63, 3.8) is 0 Å². The molecular formula is C25H24F4N2O4S2. The average Bonchev–Trinajstić information content (AvgIpc) is 3.25. The molecule has 0 amide bonds. The highest BCUT2D eigenvalue weighted by molar-refractivity contribution is 7.93. The van der Waals surface area contributed by atoms with Crippen molar-refractivity contribution in [2.45, 2.75) is 54.7 Å². The lowest BCUT2D eigenvalue weighted by Gasteiger charge is -2.33. The minimum Gasteiger partial charge on any atom is -0.237 e. The van der Waals surface area contributed by atoms with Crippen molar-refractivity contribution in [3.05, 3.63) is 77.9 Å². The van der Waals surface area contributed by atoms with Gasteiger partial charge in [-0.05, 0) is 81.7 Å². The fourth-order valence-electron chi connectivity index (χ4n) is 4.10. The number of rotatable bonds is 5. The highest BCUT2D eigenvalue weighted by atomic mass is 32.2. The molecule has 1 aliphatic rings. The highest BCUT2D eigenvalue weighted by Crippen LogP contribution is 2.43. The van der Waals surface area contributed by atoms with E-state index in [2.05, 4.69) is 4.98 Å². The Kier molecular flexibility index (Phi) is 6.23. The van der Waals surface area contributed by atoms with Crippen LogP contribution >= 0.6 is 0 Å². The molecule has 198 valence electrons. The zero-order valence-electron chi connectivity index (χ0n) is 20.3. The number of benzene rings is 1. The second kappa shape index (κ2) is 8.52. The Bertz CT molecular complexity index is 1680. The summed E-state index contributed by atoms with van der Waals surface area (Å²) in [5, 5.41) is 0.630. The molecule has 0 saturated heterocycles. The summed E-state index contributed by atoms with van der Waals surface area (Å²) in [6, 6.07) is 7.47. The van der Waals surface area contributed by atoms with E-state index in [4.69, 9.17) is 0 Å². The molecule has 0 radical (unpaired) electrons. The number of pyridine rings is 1. The van der Waals surface area contributed by atoms with Gasteiger partial charge in [0.05, 0.1) is 4.90 Å². The lowest BCUT2D eigenvalue weighted by molar-refractivity contribution is -0.153. The van der Waals surface area contributed by atoms with E-state index in [-0.39, 0.29) is 23.2 Å². The second-order valence-corrected chi connectivity index (χ2v) is 14.4. The zero-order chi connectivity index (χ0) is 27.6. The van der Waals surface area contributed by atoms with Crippen LogP contribution in [0.15, 0.2) is 71.4 Å². The van der Waals surface area contributed by atoms with E-state index in [1.54, 1.807) is 25.1 Å². The summed E-state index contributed by atoms with van der Waals surface area (Å²) in [4.78, 5) is 3.47. The molecule has 1 aromatic carbocycles. The first-order valence-corrected chi connectivity index (χ1v) is 14.0. The summed E-state index contributed by atoms with van der Waals surface area (Å²) in [7, 11) is -8.98. The highest BCUT2D eigenvalue weighted by Gasteiger charge is 2.57. The molecule has 0 bridgehead atoms. The molecule has 1 unspecified atom stereocenters. The van der Waals surface area contributed by atoms with Crippen LogP contribution in [0.25, 0.3) is 16.6 Å². The predicted molar refractivity (Wildman–Crippen MR) is 133 cm³/mol. The lowest BCUT2D eigenvalue weighted by atomic mass is 9.87. The predicted octanol–water partition coefficient (Wildman–Crippen LogP) is 5.66. The van der Waals surface area contributed by atoms with Crippen LogP contribution in [0, 0.1) is 5.82 Å². The number of fused-ring (bicyclic) bond motifs is 1. The van der Waals surface area contributed by atoms with Crippen LogP contribution < -0.4 is 0 Å². The van der Waals surface area contributed by atoms with Gasteiger partial charge in [0.15, 0.2) is 20.2 Å². The van der Waals surface area contributed by atoms with E-state index < -0.39 is 46.2 Å². The summed E-state index contributed by atoms with van der Waals surface area (Å²) < 4.78 is 105. The van der Waals surface area contributed by atoms with Crippen LogP contribution in [0.1, 0.15) is 39.7 Å². The molecule has 2 heterocycles. The van der Waals surface area contributed by atoms with Crippen LogP contribution in [-0.2, 0) is 19.9 Å². The van der Waals surface area contributed by atoms with E-state index in [0.29, 0.717) is 24.8 Å². The third-order valence-electron chi connectivity index (χ3n) is 7.07. The van der Waals surface area contributed by atoms with Gasteiger partial charge in [0, 0.05) is 23.3 Å². The normalized spacial score (nSPS) is 19.6. The van der Waals surface area contributed by atoms with Crippen molar-refractivity contribution in [1.82, 2.24) is 8.96 Å². The van der Waals surface area contributed by atoms with Gasteiger partial charge in [0.1, 0.15) is 10.6 Å². The van der Waals surface area contributed by atoms with E-state index in [1.807, 2.05) is 0 Å². The Labute approximate surface area is 212 Å². The summed E-state index contributed by atoms with van der Waals surface area (Å²) in [6.45, 7) is 4.16. The fourth-order valence-corrected chi connectivity index (χ4v) is 7.31. The average molecular weight is 557 g/mol. The molecule has 0 aliphatic heterocycles. The van der Waals surface area contributed by atoms with Crippen molar-refractivity contribution in [2.75, 3.05) is 0 Å². The van der Waals surface area contributed by atoms with Gasteiger partial charge in [0.2, 0.25) is 10.0 Å². The maximum absolute atomic E-state index is 14.8. The van der Waals surface area contributed by atoms with Crippen LogP contribution in [0.3, 0.4) is 0 Å². The number of halogens is 4. The van der Waals surface area contributed by atoms with Crippen LogP contribution in [0.2, 0.25) is 0 Å². The minimum atomic E-state index is -5.06. The number of hydrogen-bond donors (Lipinski definition) is 0. The Morgan fingerprint density at radius 2 is 1.73 bits per heavy atom. The maximum atomic E-state index is 14.8. The molecule has 0 spiro atoms. The first kappa shape index (κ1) is 27.1. The molecule has 4 rings (SSSR count). The van der Waals surface area contributed by atoms with Gasteiger partial charge in [-0.15, -0.1) is 0 Å². The van der Waals surface area contributed by atoms with Crippen LogP contribution in [-0.4, -0.2) is 41.5 Å². The van der Waals surface area contributed by atoms with Gasteiger partial charge >= 0.3 is 6.18 Å². The third kappa shape index (κ3) is 4.01. The number of nitrogens with zero attached hydrogens (tertiary/aromatic N) is 2. The molecule has 37 heavy (non-hydrogen) atoms. The van der Waals surface area contributed by atoms with Gasteiger partial charge in [-0.1, -0.05) is 12.2 Å². The van der Waals surface area contributed by atoms with E-state index in [0.717, 1.165) is 22.2 Å². The number of aromatic nitrogens is 2. The fraction of sp³-hybridized carbons (Fsp3) is 0.320. The minimum absolute atomic E-state index is 0.0933. The SMILES string of the molecule is CC1=CC(c2cc(S(=O)(=O)C(C)(C)C(F)(F)F)ccc2F)=CCC1(C)S(=O)(=O)n1ccc2cccnc21. The Balaban J connectivity index is 1.76. The van der Waals surface area contributed by atoms with Crippen molar-refractivity contribution in [2.24, 2.45) is 0 Å². The second-order valence-electron chi connectivity index (χ2n) is 9.61. The van der Waals surface area contributed by atoms with Gasteiger partial charge in [-0.2, -0.15) is 13.2 Å². The van der Waals surface area contributed by atoms with Crippen molar-refractivity contribution in [3.8, 4) is 0 Å². The third-order valence-corrected chi connectivity index (χ3v) is 12.0. The van der Waals surface area contributed by atoms with E-state index >= 15 is 0 Å². The topological polar surface area (TPSA) is 86.1 Å².